The molecule has 0 spiro atoms. The normalized spacial score (nSPS) is 21.4. The van der Waals surface area contributed by atoms with Crippen LogP contribution in [0, 0.1) is 0 Å². The molecule has 1 N–H and O–H groups in total. The number of rotatable bonds is 6. The van der Waals surface area contributed by atoms with Crippen molar-refractivity contribution < 1.29 is 9.53 Å². The van der Waals surface area contributed by atoms with Gasteiger partial charge in [0.25, 0.3) is 0 Å². The number of pyridine rings is 1. The van der Waals surface area contributed by atoms with Crippen molar-refractivity contribution in [3.8, 4) is 0 Å². The lowest BCUT2D eigenvalue weighted by atomic mass is 10.0. The largest absolute Gasteiger partial charge is 0.379 e. The van der Waals surface area contributed by atoms with Gasteiger partial charge in [0.2, 0.25) is 5.91 Å². The van der Waals surface area contributed by atoms with Gasteiger partial charge in [-0.25, -0.2) is 0 Å². The van der Waals surface area contributed by atoms with E-state index in [4.69, 9.17) is 4.74 Å². The van der Waals surface area contributed by atoms with Crippen LogP contribution in [0.1, 0.15) is 51.1 Å². The maximum Gasteiger partial charge on any atom is 0.242 e. The third-order valence-corrected chi connectivity index (χ3v) is 5.44. The van der Waals surface area contributed by atoms with Crippen molar-refractivity contribution in [2.24, 2.45) is 0 Å². The quantitative estimate of drug-likeness (QED) is 0.827. The van der Waals surface area contributed by atoms with Crippen LogP contribution in [0.5, 0.6) is 0 Å². The van der Waals surface area contributed by atoms with E-state index in [2.05, 4.69) is 33.9 Å². The third kappa shape index (κ3) is 5.99. The van der Waals surface area contributed by atoms with Gasteiger partial charge in [0.15, 0.2) is 0 Å². The monoisotopic (exact) mass is 374 g/mol. The van der Waals surface area contributed by atoms with Crippen LogP contribution >= 0.6 is 0 Å². The molecule has 1 amide bonds. The zero-order valence-corrected chi connectivity index (χ0v) is 16.8. The summed E-state index contributed by atoms with van der Waals surface area (Å²) in [5.74, 6) is 0.0599. The first-order valence-corrected chi connectivity index (χ1v) is 10.3. The van der Waals surface area contributed by atoms with Crippen molar-refractivity contribution in [2.75, 3.05) is 45.9 Å². The molecule has 1 aromatic heterocycles. The molecule has 2 aliphatic heterocycles. The molecule has 6 heteroatoms. The molecule has 0 saturated carbocycles. The average molecular weight is 375 g/mol. The SMILES string of the molecule is CC(C)(CN1CCCCCC1)NC(=O)[C@@H](c1cccnc1)N1CCOCC1. The summed E-state index contributed by atoms with van der Waals surface area (Å²) < 4.78 is 5.48. The highest BCUT2D eigenvalue weighted by molar-refractivity contribution is 5.83. The van der Waals surface area contributed by atoms with Crippen molar-refractivity contribution in [2.45, 2.75) is 51.1 Å². The Morgan fingerprint density at radius 1 is 1.19 bits per heavy atom. The van der Waals surface area contributed by atoms with Crippen molar-refractivity contribution >= 4 is 5.91 Å². The summed E-state index contributed by atoms with van der Waals surface area (Å²) in [6.07, 6.45) is 8.72. The predicted molar refractivity (Wildman–Crippen MR) is 106 cm³/mol. The van der Waals surface area contributed by atoms with Gasteiger partial charge in [-0.1, -0.05) is 18.9 Å². The Morgan fingerprint density at radius 3 is 2.52 bits per heavy atom. The molecule has 0 unspecified atom stereocenters. The molecule has 2 saturated heterocycles. The molecule has 3 rings (SSSR count). The van der Waals surface area contributed by atoms with Gasteiger partial charge in [0.1, 0.15) is 6.04 Å². The highest BCUT2D eigenvalue weighted by Gasteiger charge is 2.33. The molecule has 2 fully saturated rings. The molecule has 1 atom stereocenters. The zero-order valence-electron chi connectivity index (χ0n) is 16.8. The van der Waals surface area contributed by atoms with Crippen LogP contribution in [0.25, 0.3) is 0 Å². The number of nitrogens with zero attached hydrogens (tertiary/aromatic N) is 3. The molecular weight excluding hydrogens is 340 g/mol. The van der Waals surface area contributed by atoms with Crippen molar-refractivity contribution in [3.63, 3.8) is 0 Å². The van der Waals surface area contributed by atoms with Gasteiger partial charge in [-0.3, -0.25) is 14.7 Å². The summed E-state index contributed by atoms with van der Waals surface area (Å²) in [5, 5.41) is 3.33. The summed E-state index contributed by atoms with van der Waals surface area (Å²) in [7, 11) is 0. The van der Waals surface area contributed by atoms with Crippen LogP contribution in [0.3, 0.4) is 0 Å². The highest BCUT2D eigenvalue weighted by Crippen LogP contribution is 2.23. The Morgan fingerprint density at radius 2 is 1.89 bits per heavy atom. The van der Waals surface area contributed by atoms with Crippen molar-refractivity contribution in [1.82, 2.24) is 20.1 Å². The Bertz CT molecular complexity index is 579. The van der Waals surface area contributed by atoms with E-state index in [9.17, 15) is 4.79 Å². The molecule has 0 radical (unpaired) electrons. The molecule has 0 aromatic carbocycles. The maximum absolute atomic E-state index is 13.3. The standard InChI is InChI=1S/C21H34N4O2/c1-21(2,17-24-10-5-3-4-6-11-24)23-20(26)19(18-8-7-9-22-16-18)25-12-14-27-15-13-25/h7-9,16,19H,3-6,10-15,17H2,1-2H3,(H,23,26)/t19-/m1/s1. The molecule has 3 heterocycles. The zero-order chi connectivity index (χ0) is 19.1. The van der Waals surface area contributed by atoms with Crippen LogP contribution in [0.2, 0.25) is 0 Å². The lowest BCUT2D eigenvalue weighted by molar-refractivity contribution is -0.130. The highest BCUT2D eigenvalue weighted by atomic mass is 16.5. The van der Waals surface area contributed by atoms with Gasteiger partial charge in [-0.15, -0.1) is 0 Å². The second-order valence-electron chi connectivity index (χ2n) is 8.40. The average Bonchev–Trinajstić information content (AvgIpc) is 2.91. The number of likely N-dealkylation sites (tertiary alicyclic amines) is 1. The number of ether oxygens (including phenoxy) is 1. The van der Waals surface area contributed by atoms with E-state index in [1.165, 1.54) is 25.7 Å². The predicted octanol–water partition coefficient (Wildman–Crippen LogP) is 2.23. The summed E-state index contributed by atoms with van der Waals surface area (Å²) in [4.78, 5) is 22.3. The van der Waals surface area contributed by atoms with Gasteiger partial charge >= 0.3 is 0 Å². The molecule has 2 aliphatic rings. The van der Waals surface area contributed by atoms with Crippen molar-refractivity contribution in [3.05, 3.63) is 30.1 Å². The number of carbonyl (C=O) groups excluding carboxylic acids is 1. The van der Waals surface area contributed by atoms with Crippen molar-refractivity contribution in [1.29, 1.82) is 0 Å². The fourth-order valence-electron chi connectivity index (χ4n) is 4.20. The summed E-state index contributed by atoms with van der Waals surface area (Å²) >= 11 is 0. The fourth-order valence-corrected chi connectivity index (χ4v) is 4.20. The van der Waals surface area contributed by atoms with Crippen LogP contribution in [0.4, 0.5) is 0 Å². The summed E-state index contributed by atoms with van der Waals surface area (Å²) in [5.41, 5.74) is 0.677. The molecular formula is C21H34N4O2. The third-order valence-electron chi connectivity index (χ3n) is 5.44. The van der Waals surface area contributed by atoms with E-state index in [0.717, 1.165) is 38.3 Å². The van der Waals surface area contributed by atoms with Gasteiger partial charge in [0.05, 0.1) is 13.2 Å². The summed E-state index contributed by atoms with van der Waals surface area (Å²) in [6, 6.07) is 3.58. The first kappa shape index (κ1) is 20.2. The molecule has 150 valence electrons. The molecule has 0 bridgehead atoms. The Hall–Kier alpha value is -1.50. The molecule has 1 aromatic rings. The number of nitrogens with one attached hydrogen (secondary N) is 1. The van der Waals surface area contributed by atoms with E-state index >= 15 is 0 Å². The minimum Gasteiger partial charge on any atom is -0.379 e. The lowest BCUT2D eigenvalue weighted by Gasteiger charge is -2.38. The fraction of sp³-hybridized carbons (Fsp3) is 0.714. The molecule has 27 heavy (non-hydrogen) atoms. The first-order chi connectivity index (χ1) is 13.1. The van der Waals surface area contributed by atoms with E-state index < -0.39 is 0 Å². The topological polar surface area (TPSA) is 57.7 Å². The van der Waals surface area contributed by atoms with E-state index in [-0.39, 0.29) is 17.5 Å². The van der Waals surface area contributed by atoms with Gasteiger partial charge in [-0.05, 0) is 51.4 Å². The van der Waals surface area contributed by atoms with Crippen LogP contribution in [0.15, 0.2) is 24.5 Å². The lowest BCUT2D eigenvalue weighted by Crippen LogP contribution is -2.55. The van der Waals surface area contributed by atoms with Crippen LogP contribution in [-0.2, 0) is 9.53 Å². The van der Waals surface area contributed by atoms with Gasteiger partial charge in [0, 0.05) is 37.6 Å². The number of morpholine rings is 1. The Labute approximate surface area is 163 Å². The van der Waals surface area contributed by atoms with Crippen LogP contribution < -0.4 is 5.32 Å². The second-order valence-corrected chi connectivity index (χ2v) is 8.40. The van der Waals surface area contributed by atoms with E-state index in [0.29, 0.717) is 13.2 Å². The number of hydrogen-bond donors (Lipinski definition) is 1. The Kier molecular flexibility index (Phi) is 7.21. The van der Waals surface area contributed by atoms with Crippen LogP contribution in [-0.4, -0.2) is 72.2 Å². The molecule has 0 aliphatic carbocycles. The van der Waals surface area contributed by atoms with Gasteiger partial charge in [-0.2, -0.15) is 0 Å². The smallest absolute Gasteiger partial charge is 0.242 e. The molecule has 6 nitrogen and oxygen atoms in total. The minimum absolute atomic E-state index is 0.0599. The van der Waals surface area contributed by atoms with E-state index in [1.54, 1.807) is 6.20 Å². The maximum atomic E-state index is 13.3. The second kappa shape index (κ2) is 9.62. The minimum atomic E-state index is -0.314. The summed E-state index contributed by atoms with van der Waals surface area (Å²) in [6.45, 7) is 10.3. The number of carbonyl (C=O) groups is 1. The Balaban J connectivity index is 1.69. The van der Waals surface area contributed by atoms with E-state index in [1.807, 2.05) is 18.3 Å². The number of hydrogen-bond acceptors (Lipinski definition) is 5. The first-order valence-electron chi connectivity index (χ1n) is 10.3. The number of aromatic nitrogens is 1. The van der Waals surface area contributed by atoms with Gasteiger partial charge < -0.3 is 15.0 Å². The number of amides is 1.